The van der Waals surface area contributed by atoms with Gasteiger partial charge in [-0.1, -0.05) is 24.3 Å². The topological polar surface area (TPSA) is 41.6 Å². The first-order valence-electron chi connectivity index (χ1n) is 6.78. The van der Waals surface area contributed by atoms with Crippen LogP contribution in [0.1, 0.15) is 23.7 Å². The summed E-state index contributed by atoms with van der Waals surface area (Å²) in [5.41, 5.74) is 3.98. The van der Waals surface area contributed by atoms with E-state index in [4.69, 9.17) is 16.9 Å². The van der Waals surface area contributed by atoms with Crippen LogP contribution in [0.2, 0.25) is 0 Å². The minimum Gasteiger partial charge on any atom is -0.295 e. The van der Waals surface area contributed by atoms with Gasteiger partial charge in [0.15, 0.2) is 0 Å². The van der Waals surface area contributed by atoms with E-state index in [0.717, 1.165) is 28.1 Å². The van der Waals surface area contributed by atoms with Gasteiger partial charge in [-0.15, -0.1) is 11.6 Å². The van der Waals surface area contributed by atoms with Gasteiger partial charge in [-0.3, -0.25) is 4.57 Å². The highest BCUT2D eigenvalue weighted by molar-refractivity contribution is 6.20. The maximum Gasteiger partial charge on any atom is 0.132 e. The Balaban J connectivity index is 2.18. The first-order chi connectivity index (χ1) is 10.2. The van der Waals surface area contributed by atoms with Gasteiger partial charge < -0.3 is 0 Å². The average molecular weight is 296 g/mol. The monoisotopic (exact) mass is 295 g/mol. The number of imidazole rings is 1. The van der Waals surface area contributed by atoms with E-state index in [1.54, 1.807) is 0 Å². The minimum absolute atomic E-state index is 0.184. The molecule has 0 aliphatic rings. The summed E-state index contributed by atoms with van der Waals surface area (Å²) in [6.45, 7) is 1.92. The third kappa shape index (κ3) is 2.51. The number of fused-ring (bicyclic) bond motifs is 1. The van der Waals surface area contributed by atoms with Gasteiger partial charge in [0.05, 0.1) is 28.9 Å². The van der Waals surface area contributed by atoms with E-state index < -0.39 is 0 Å². The SMILES string of the molecule is CC(Cl)c1nc2ccccc2n1-c1ccc(CC#N)cc1. The molecule has 0 saturated heterocycles. The lowest BCUT2D eigenvalue weighted by atomic mass is 10.1. The van der Waals surface area contributed by atoms with Crippen LogP contribution in [0.4, 0.5) is 0 Å². The fourth-order valence-corrected chi connectivity index (χ4v) is 2.58. The van der Waals surface area contributed by atoms with E-state index >= 15 is 0 Å². The zero-order valence-corrected chi connectivity index (χ0v) is 12.4. The Kier molecular flexibility index (Phi) is 3.64. The summed E-state index contributed by atoms with van der Waals surface area (Å²) in [6.07, 6.45) is 0.420. The molecule has 4 heteroatoms. The standard InChI is InChI=1S/C17H14ClN3/c1-12(18)17-20-15-4-2-3-5-16(15)21(17)14-8-6-13(7-9-14)10-11-19/h2-9,12H,10H2,1H3. The molecule has 0 aliphatic carbocycles. The van der Waals surface area contributed by atoms with Crippen LogP contribution in [0.5, 0.6) is 0 Å². The predicted molar refractivity (Wildman–Crippen MR) is 84.7 cm³/mol. The molecular weight excluding hydrogens is 282 g/mol. The van der Waals surface area contributed by atoms with Gasteiger partial charge in [0.25, 0.3) is 0 Å². The number of para-hydroxylation sites is 2. The van der Waals surface area contributed by atoms with Crippen LogP contribution in [-0.4, -0.2) is 9.55 Å². The highest BCUT2D eigenvalue weighted by Gasteiger charge is 2.15. The number of alkyl halides is 1. The molecule has 104 valence electrons. The lowest BCUT2D eigenvalue weighted by Gasteiger charge is -2.11. The minimum atomic E-state index is -0.184. The molecule has 21 heavy (non-hydrogen) atoms. The van der Waals surface area contributed by atoms with Gasteiger partial charge in [-0.2, -0.15) is 5.26 Å². The first-order valence-corrected chi connectivity index (χ1v) is 7.22. The Morgan fingerprint density at radius 2 is 1.90 bits per heavy atom. The second kappa shape index (κ2) is 5.59. The van der Waals surface area contributed by atoms with Crippen LogP contribution in [-0.2, 0) is 6.42 Å². The molecule has 1 aromatic heterocycles. The zero-order chi connectivity index (χ0) is 14.8. The number of benzene rings is 2. The van der Waals surface area contributed by atoms with Crippen molar-refractivity contribution in [1.82, 2.24) is 9.55 Å². The molecule has 0 fully saturated rings. The Morgan fingerprint density at radius 3 is 2.57 bits per heavy atom. The Morgan fingerprint density at radius 1 is 1.19 bits per heavy atom. The Bertz CT molecular complexity index is 810. The van der Waals surface area contributed by atoms with Gasteiger partial charge in [-0.05, 0) is 36.8 Å². The average Bonchev–Trinajstić information content (AvgIpc) is 2.88. The highest BCUT2D eigenvalue weighted by Crippen LogP contribution is 2.28. The van der Waals surface area contributed by atoms with Crippen molar-refractivity contribution in [3.63, 3.8) is 0 Å². The molecule has 0 spiro atoms. The molecular formula is C17H14ClN3. The van der Waals surface area contributed by atoms with Crippen LogP contribution in [0, 0.1) is 11.3 Å². The summed E-state index contributed by atoms with van der Waals surface area (Å²) in [6, 6.07) is 18.1. The van der Waals surface area contributed by atoms with Crippen molar-refractivity contribution < 1.29 is 0 Å². The third-order valence-corrected chi connectivity index (χ3v) is 3.62. The molecule has 0 radical (unpaired) electrons. The molecule has 3 rings (SSSR count). The number of hydrogen-bond acceptors (Lipinski definition) is 2. The second-order valence-electron chi connectivity index (χ2n) is 4.91. The van der Waals surface area contributed by atoms with Crippen LogP contribution in [0.15, 0.2) is 48.5 Å². The summed E-state index contributed by atoms with van der Waals surface area (Å²) in [5.74, 6) is 0.825. The number of rotatable bonds is 3. The van der Waals surface area contributed by atoms with Crippen LogP contribution in [0.3, 0.4) is 0 Å². The number of nitriles is 1. The van der Waals surface area contributed by atoms with Crippen LogP contribution >= 0.6 is 11.6 Å². The van der Waals surface area contributed by atoms with E-state index in [9.17, 15) is 0 Å². The first kappa shape index (κ1) is 13.7. The van der Waals surface area contributed by atoms with Gasteiger partial charge in [0.1, 0.15) is 5.82 Å². The molecule has 1 heterocycles. The molecule has 2 aromatic carbocycles. The van der Waals surface area contributed by atoms with Crippen molar-refractivity contribution in [1.29, 1.82) is 5.26 Å². The molecule has 0 amide bonds. The molecule has 0 aliphatic heterocycles. The number of nitrogens with zero attached hydrogens (tertiary/aromatic N) is 3. The molecule has 3 nitrogen and oxygen atoms in total. The quantitative estimate of drug-likeness (QED) is 0.672. The summed E-state index contributed by atoms with van der Waals surface area (Å²) < 4.78 is 2.07. The van der Waals surface area contributed by atoms with Crippen molar-refractivity contribution in [2.45, 2.75) is 18.7 Å². The van der Waals surface area contributed by atoms with Crippen LogP contribution < -0.4 is 0 Å². The van der Waals surface area contributed by atoms with Gasteiger partial charge >= 0.3 is 0 Å². The van der Waals surface area contributed by atoms with Gasteiger partial charge in [-0.25, -0.2) is 4.98 Å². The third-order valence-electron chi connectivity index (χ3n) is 3.42. The summed E-state index contributed by atoms with van der Waals surface area (Å²) in [7, 11) is 0. The highest BCUT2D eigenvalue weighted by atomic mass is 35.5. The largest absolute Gasteiger partial charge is 0.295 e. The van der Waals surface area contributed by atoms with E-state index in [1.807, 2.05) is 55.5 Å². The number of hydrogen-bond donors (Lipinski definition) is 0. The van der Waals surface area contributed by atoms with Gasteiger partial charge in [0.2, 0.25) is 0 Å². The van der Waals surface area contributed by atoms with E-state index in [0.29, 0.717) is 6.42 Å². The van der Waals surface area contributed by atoms with Crippen molar-refractivity contribution in [2.75, 3.05) is 0 Å². The maximum atomic E-state index is 8.75. The molecule has 1 atom stereocenters. The number of aromatic nitrogens is 2. The summed E-state index contributed by atoms with van der Waals surface area (Å²) >= 11 is 6.28. The molecule has 0 N–H and O–H groups in total. The second-order valence-corrected chi connectivity index (χ2v) is 5.57. The van der Waals surface area contributed by atoms with Crippen molar-refractivity contribution >= 4 is 22.6 Å². The normalized spacial score (nSPS) is 12.2. The fraction of sp³-hybridized carbons (Fsp3) is 0.176. The lowest BCUT2D eigenvalue weighted by Crippen LogP contribution is -2.02. The van der Waals surface area contributed by atoms with Crippen molar-refractivity contribution in [3.8, 4) is 11.8 Å². The lowest BCUT2D eigenvalue weighted by molar-refractivity contribution is 0.882. The molecule has 3 aromatic rings. The molecule has 1 unspecified atom stereocenters. The maximum absolute atomic E-state index is 8.75. The van der Waals surface area contributed by atoms with Crippen molar-refractivity contribution in [3.05, 3.63) is 59.9 Å². The van der Waals surface area contributed by atoms with Crippen LogP contribution in [0.25, 0.3) is 16.7 Å². The van der Waals surface area contributed by atoms with E-state index in [1.165, 1.54) is 0 Å². The fourth-order valence-electron chi connectivity index (χ4n) is 2.44. The van der Waals surface area contributed by atoms with E-state index in [2.05, 4.69) is 15.6 Å². The predicted octanol–water partition coefficient (Wildman–Crippen LogP) is 4.39. The van der Waals surface area contributed by atoms with Gasteiger partial charge in [0, 0.05) is 5.69 Å². The number of halogens is 1. The Hall–Kier alpha value is -2.31. The molecule has 0 bridgehead atoms. The zero-order valence-electron chi connectivity index (χ0n) is 11.6. The van der Waals surface area contributed by atoms with E-state index in [-0.39, 0.29) is 5.38 Å². The molecule has 0 saturated carbocycles. The Labute approximate surface area is 128 Å². The summed E-state index contributed by atoms with van der Waals surface area (Å²) in [4.78, 5) is 4.63. The summed E-state index contributed by atoms with van der Waals surface area (Å²) in [5, 5.41) is 8.56. The van der Waals surface area contributed by atoms with Crippen molar-refractivity contribution in [2.24, 2.45) is 0 Å². The smallest absolute Gasteiger partial charge is 0.132 e.